The van der Waals surface area contributed by atoms with Crippen molar-refractivity contribution in [2.75, 3.05) is 20.3 Å². The fourth-order valence-corrected chi connectivity index (χ4v) is 4.84. The van der Waals surface area contributed by atoms with Gasteiger partial charge >= 0.3 is 5.97 Å². The molecule has 1 atom stereocenters. The topological polar surface area (TPSA) is 104 Å². The van der Waals surface area contributed by atoms with E-state index in [0.717, 1.165) is 36.9 Å². The number of ether oxygens (including phenoxy) is 2. The number of carbonyl (C=O) groups excluding carboxylic acids is 2. The lowest BCUT2D eigenvalue weighted by molar-refractivity contribution is 0.0474. The number of aromatic nitrogens is 1. The molecule has 1 aliphatic rings. The second kappa shape index (κ2) is 9.52. The van der Waals surface area contributed by atoms with Crippen molar-refractivity contribution in [2.24, 2.45) is 0 Å². The van der Waals surface area contributed by atoms with Crippen molar-refractivity contribution in [3.05, 3.63) is 51.8 Å². The largest absolute Gasteiger partial charge is 0.454 e. The number of hydrogen-bond acceptors (Lipinski definition) is 6. The van der Waals surface area contributed by atoms with E-state index in [0.29, 0.717) is 12.1 Å². The maximum atomic E-state index is 12.7. The summed E-state index contributed by atoms with van der Waals surface area (Å²) in [4.78, 5) is 24.8. The number of benzene rings is 1. The van der Waals surface area contributed by atoms with Gasteiger partial charge in [-0.3, -0.25) is 4.79 Å². The Labute approximate surface area is 186 Å². The van der Waals surface area contributed by atoms with Crippen molar-refractivity contribution in [1.29, 1.82) is 0 Å². The number of rotatable bonds is 8. The van der Waals surface area contributed by atoms with Gasteiger partial charge in [0.25, 0.3) is 0 Å². The maximum absolute atomic E-state index is 12.7. The number of nitrogens with zero attached hydrogens (tertiary/aromatic N) is 1. The summed E-state index contributed by atoms with van der Waals surface area (Å²) in [5.74, 6) is -1.15. The van der Waals surface area contributed by atoms with Crippen LogP contribution in [0.1, 0.15) is 44.9 Å². The van der Waals surface area contributed by atoms with Crippen molar-refractivity contribution >= 4 is 33.4 Å². The maximum Gasteiger partial charge on any atom is 0.338 e. The van der Waals surface area contributed by atoms with E-state index in [9.17, 15) is 18.0 Å². The second-order valence-electron chi connectivity index (χ2n) is 7.38. The lowest BCUT2D eigenvalue weighted by atomic mass is 10.1. The van der Waals surface area contributed by atoms with Crippen LogP contribution in [-0.4, -0.2) is 51.1 Å². The molecule has 31 heavy (non-hydrogen) atoms. The van der Waals surface area contributed by atoms with Crippen LogP contribution in [0.4, 0.5) is 0 Å². The normalized spacial score (nSPS) is 16.5. The molecular formula is C21H25ClN2O6S. The molecule has 0 saturated carbocycles. The van der Waals surface area contributed by atoms with E-state index in [1.54, 1.807) is 6.07 Å². The Morgan fingerprint density at radius 2 is 2.03 bits per heavy atom. The van der Waals surface area contributed by atoms with E-state index in [-0.39, 0.29) is 27.4 Å². The summed E-state index contributed by atoms with van der Waals surface area (Å²) >= 11 is 5.93. The zero-order valence-corrected chi connectivity index (χ0v) is 19.2. The van der Waals surface area contributed by atoms with E-state index in [2.05, 4.69) is 4.72 Å². The highest BCUT2D eigenvalue weighted by Crippen LogP contribution is 2.23. The minimum atomic E-state index is -3.85. The van der Waals surface area contributed by atoms with Crippen molar-refractivity contribution in [3.63, 3.8) is 0 Å². The van der Waals surface area contributed by atoms with E-state index >= 15 is 0 Å². The van der Waals surface area contributed by atoms with E-state index in [1.807, 2.05) is 18.4 Å². The van der Waals surface area contributed by atoms with Crippen molar-refractivity contribution in [1.82, 2.24) is 9.29 Å². The van der Waals surface area contributed by atoms with Crippen LogP contribution in [0.15, 0.2) is 29.2 Å². The summed E-state index contributed by atoms with van der Waals surface area (Å²) in [6.07, 6.45) is 2.16. The molecule has 0 unspecified atom stereocenters. The minimum absolute atomic E-state index is 0.0186. The molecule has 1 N–H and O–H groups in total. The lowest BCUT2D eigenvalue weighted by Crippen LogP contribution is -2.20. The Kier molecular flexibility index (Phi) is 7.20. The third-order valence-corrected chi connectivity index (χ3v) is 7.24. The zero-order chi connectivity index (χ0) is 22.8. The van der Waals surface area contributed by atoms with Crippen molar-refractivity contribution in [3.8, 4) is 0 Å². The smallest absolute Gasteiger partial charge is 0.338 e. The van der Waals surface area contributed by atoms with Crippen LogP contribution in [-0.2, 0) is 26.0 Å². The summed E-state index contributed by atoms with van der Waals surface area (Å²) in [5, 5.41) is -0.0272. The average molecular weight is 469 g/mol. The van der Waals surface area contributed by atoms with Crippen LogP contribution in [0.5, 0.6) is 0 Å². The first-order valence-electron chi connectivity index (χ1n) is 9.85. The summed E-state index contributed by atoms with van der Waals surface area (Å²) in [5.41, 5.74) is 2.19. The quantitative estimate of drug-likeness (QED) is 0.472. The highest BCUT2D eigenvalue weighted by molar-refractivity contribution is 7.89. The molecule has 1 saturated heterocycles. The third-order valence-electron chi connectivity index (χ3n) is 5.34. The Balaban J connectivity index is 1.70. The molecule has 0 bridgehead atoms. The lowest BCUT2D eigenvalue weighted by Gasteiger charge is -2.14. The Bertz CT molecular complexity index is 1100. The fourth-order valence-electron chi connectivity index (χ4n) is 3.59. The minimum Gasteiger partial charge on any atom is -0.454 e. The van der Waals surface area contributed by atoms with E-state index in [1.165, 1.54) is 19.2 Å². The number of ketones is 1. The molecule has 0 radical (unpaired) electrons. The van der Waals surface area contributed by atoms with Gasteiger partial charge in [-0.15, -0.1) is 0 Å². The summed E-state index contributed by atoms with van der Waals surface area (Å²) in [6, 6.07) is 5.54. The third kappa shape index (κ3) is 5.17. The zero-order valence-electron chi connectivity index (χ0n) is 17.6. The van der Waals surface area contributed by atoms with Gasteiger partial charge in [-0.25, -0.2) is 17.9 Å². The SMILES string of the molecule is CNS(=O)(=O)c1cc(C(=O)OCC(=O)c2cc(C)n(C[C@H]3CCCO3)c2C)ccc1Cl. The molecule has 168 valence electrons. The van der Waals surface area contributed by atoms with Gasteiger partial charge < -0.3 is 14.0 Å². The molecule has 1 aromatic carbocycles. The standard InChI is InChI=1S/C21H25ClN2O6S/c1-13-9-17(14(2)24(13)11-16-5-4-8-29-16)19(25)12-30-21(26)15-6-7-18(22)20(10-15)31(27,28)23-3/h6-7,9-10,16,23H,4-5,8,11-12H2,1-3H3/t16-/m1/s1. The fraction of sp³-hybridized carbons (Fsp3) is 0.429. The van der Waals surface area contributed by atoms with Gasteiger partial charge in [-0.1, -0.05) is 11.6 Å². The van der Waals surface area contributed by atoms with E-state index < -0.39 is 22.6 Å². The van der Waals surface area contributed by atoms with Crippen LogP contribution in [0, 0.1) is 13.8 Å². The molecular weight excluding hydrogens is 444 g/mol. The monoisotopic (exact) mass is 468 g/mol. The number of carbonyl (C=O) groups is 2. The second-order valence-corrected chi connectivity index (χ2v) is 9.64. The van der Waals surface area contributed by atoms with Crippen LogP contribution in [0.3, 0.4) is 0 Å². The molecule has 8 nitrogen and oxygen atoms in total. The number of nitrogens with one attached hydrogen (secondary N) is 1. The average Bonchev–Trinajstić information content (AvgIpc) is 3.35. The summed E-state index contributed by atoms with van der Waals surface area (Å²) in [6.45, 7) is 4.75. The first-order valence-corrected chi connectivity index (χ1v) is 11.7. The number of esters is 1. The highest BCUT2D eigenvalue weighted by Gasteiger charge is 2.23. The van der Waals surface area contributed by atoms with Crippen LogP contribution in [0.25, 0.3) is 0 Å². The van der Waals surface area contributed by atoms with Gasteiger partial charge in [0, 0.05) is 30.1 Å². The predicted octanol–water partition coefficient (Wildman–Crippen LogP) is 2.89. The van der Waals surface area contributed by atoms with Gasteiger partial charge in [0.05, 0.1) is 16.7 Å². The van der Waals surface area contributed by atoms with Crippen LogP contribution >= 0.6 is 11.6 Å². The van der Waals surface area contributed by atoms with Crippen molar-refractivity contribution < 1.29 is 27.5 Å². The van der Waals surface area contributed by atoms with Crippen LogP contribution in [0.2, 0.25) is 5.02 Å². The molecule has 10 heteroatoms. The van der Waals surface area contributed by atoms with Crippen LogP contribution < -0.4 is 4.72 Å². The highest BCUT2D eigenvalue weighted by atomic mass is 35.5. The first kappa shape index (κ1) is 23.5. The molecule has 0 spiro atoms. The number of hydrogen-bond donors (Lipinski definition) is 1. The Morgan fingerprint density at radius 1 is 1.29 bits per heavy atom. The number of halogens is 1. The first-order chi connectivity index (χ1) is 14.6. The molecule has 1 fully saturated rings. The van der Waals surface area contributed by atoms with Crippen molar-refractivity contribution in [2.45, 2.75) is 44.2 Å². The molecule has 2 heterocycles. The Morgan fingerprint density at radius 3 is 2.68 bits per heavy atom. The van der Waals surface area contributed by atoms with Gasteiger partial charge in [0.1, 0.15) is 4.90 Å². The van der Waals surface area contributed by atoms with E-state index in [4.69, 9.17) is 21.1 Å². The van der Waals surface area contributed by atoms with Gasteiger partial charge in [-0.2, -0.15) is 0 Å². The molecule has 1 aliphatic heterocycles. The number of sulfonamides is 1. The van der Waals surface area contributed by atoms with Gasteiger partial charge in [0.2, 0.25) is 15.8 Å². The van der Waals surface area contributed by atoms with Gasteiger partial charge in [0.15, 0.2) is 6.61 Å². The Hall–Kier alpha value is -2.20. The predicted molar refractivity (Wildman–Crippen MR) is 115 cm³/mol. The molecule has 3 rings (SSSR count). The number of Topliss-reactive ketones (excluding diaryl/α,β-unsaturated/α-hetero) is 1. The number of aryl methyl sites for hydroxylation is 1. The summed E-state index contributed by atoms with van der Waals surface area (Å²) in [7, 11) is -2.61. The summed E-state index contributed by atoms with van der Waals surface area (Å²) < 4.78 is 39.1. The molecule has 0 amide bonds. The molecule has 1 aromatic heterocycles. The molecule has 2 aromatic rings. The molecule has 0 aliphatic carbocycles. The van der Waals surface area contributed by atoms with Gasteiger partial charge in [-0.05, 0) is 58.0 Å².